The SMILES string of the molecule is Cc1ccc(NC2CCc3c(Br)cccc32)c(C)c1. The average molecular weight is 316 g/mol. The maximum Gasteiger partial charge on any atom is 0.0520 e. The van der Waals surface area contributed by atoms with Crippen molar-refractivity contribution < 1.29 is 0 Å². The first-order valence-corrected chi connectivity index (χ1v) is 7.55. The molecule has 2 aromatic rings. The van der Waals surface area contributed by atoms with E-state index in [-0.39, 0.29) is 0 Å². The van der Waals surface area contributed by atoms with Gasteiger partial charge >= 0.3 is 0 Å². The summed E-state index contributed by atoms with van der Waals surface area (Å²) in [5.74, 6) is 0. The summed E-state index contributed by atoms with van der Waals surface area (Å²) in [7, 11) is 0. The lowest BCUT2D eigenvalue weighted by molar-refractivity contribution is 0.761. The highest BCUT2D eigenvalue weighted by Crippen LogP contribution is 2.38. The largest absolute Gasteiger partial charge is 0.378 e. The minimum Gasteiger partial charge on any atom is -0.378 e. The first kappa shape index (κ1) is 12.7. The first-order chi connectivity index (χ1) is 9.15. The van der Waals surface area contributed by atoms with Crippen LogP contribution in [0.5, 0.6) is 0 Å². The van der Waals surface area contributed by atoms with Crippen LogP contribution >= 0.6 is 15.9 Å². The standard InChI is InChI=1S/C17H18BrN/c1-11-6-8-16(12(2)10-11)19-17-9-7-13-14(17)4-3-5-15(13)18/h3-6,8,10,17,19H,7,9H2,1-2H3. The molecule has 0 saturated carbocycles. The highest BCUT2D eigenvalue weighted by atomic mass is 79.9. The molecule has 98 valence electrons. The van der Waals surface area contributed by atoms with Crippen molar-refractivity contribution in [2.45, 2.75) is 32.7 Å². The summed E-state index contributed by atoms with van der Waals surface area (Å²) in [4.78, 5) is 0. The predicted molar refractivity (Wildman–Crippen MR) is 84.7 cm³/mol. The second-order valence-corrected chi connectivity index (χ2v) is 6.22. The van der Waals surface area contributed by atoms with Crippen LogP contribution in [0.2, 0.25) is 0 Å². The minimum atomic E-state index is 0.439. The van der Waals surface area contributed by atoms with Crippen LogP contribution in [0.4, 0.5) is 5.69 Å². The number of aryl methyl sites for hydroxylation is 2. The highest BCUT2D eigenvalue weighted by Gasteiger charge is 2.23. The van der Waals surface area contributed by atoms with Gasteiger partial charge in [0.15, 0.2) is 0 Å². The fraction of sp³-hybridized carbons (Fsp3) is 0.294. The van der Waals surface area contributed by atoms with Crippen molar-refractivity contribution in [2.75, 3.05) is 5.32 Å². The Morgan fingerprint density at radius 1 is 1.16 bits per heavy atom. The van der Waals surface area contributed by atoms with Crippen LogP contribution in [0.15, 0.2) is 40.9 Å². The molecule has 0 amide bonds. The molecule has 19 heavy (non-hydrogen) atoms. The number of benzene rings is 2. The van der Waals surface area contributed by atoms with E-state index in [1.807, 2.05) is 0 Å². The summed E-state index contributed by atoms with van der Waals surface area (Å²) in [6, 6.07) is 13.6. The van der Waals surface area contributed by atoms with Crippen molar-refractivity contribution in [3.8, 4) is 0 Å². The van der Waals surface area contributed by atoms with Gasteiger partial charge < -0.3 is 5.32 Å². The van der Waals surface area contributed by atoms with Gasteiger partial charge in [-0.05, 0) is 55.5 Å². The maximum absolute atomic E-state index is 3.70. The van der Waals surface area contributed by atoms with Crippen molar-refractivity contribution in [1.82, 2.24) is 0 Å². The number of nitrogens with one attached hydrogen (secondary N) is 1. The van der Waals surface area contributed by atoms with E-state index in [1.54, 1.807) is 0 Å². The van der Waals surface area contributed by atoms with Gasteiger partial charge in [-0.1, -0.05) is 45.8 Å². The van der Waals surface area contributed by atoms with E-state index in [2.05, 4.69) is 71.5 Å². The molecule has 1 unspecified atom stereocenters. The van der Waals surface area contributed by atoms with Crippen LogP contribution in [0.1, 0.15) is 34.7 Å². The van der Waals surface area contributed by atoms with Gasteiger partial charge in [-0.3, -0.25) is 0 Å². The van der Waals surface area contributed by atoms with Crippen LogP contribution in [0.25, 0.3) is 0 Å². The normalized spacial score (nSPS) is 17.3. The van der Waals surface area contributed by atoms with E-state index in [0.29, 0.717) is 6.04 Å². The number of fused-ring (bicyclic) bond motifs is 1. The average Bonchev–Trinajstić information content (AvgIpc) is 2.78. The lowest BCUT2D eigenvalue weighted by atomic mass is 10.1. The van der Waals surface area contributed by atoms with Crippen LogP contribution in [-0.4, -0.2) is 0 Å². The number of anilines is 1. The number of hydrogen-bond donors (Lipinski definition) is 1. The molecule has 1 N–H and O–H groups in total. The molecule has 1 atom stereocenters. The number of rotatable bonds is 2. The Morgan fingerprint density at radius 2 is 2.00 bits per heavy atom. The van der Waals surface area contributed by atoms with E-state index < -0.39 is 0 Å². The zero-order valence-electron chi connectivity index (χ0n) is 11.3. The molecule has 0 radical (unpaired) electrons. The lowest BCUT2D eigenvalue weighted by Crippen LogP contribution is -2.08. The third kappa shape index (κ3) is 2.42. The van der Waals surface area contributed by atoms with Crippen molar-refractivity contribution in [2.24, 2.45) is 0 Å². The third-order valence-corrected chi connectivity index (χ3v) is 4.67. The zero-order valence-corrected chi connectivity index (χ0v) is 12.9. The van der Waals surface area contributed by atoms with Gasteiger partial charge in [0.1, 0.15) is 0 Å². The van der Waals surface area contributed by atoms with E-state index in [0.717, 1.165) is 6.42 Å². The highest BCUT2D eigenvalue weighted by molar-refractivity contribution is 9.10. The molecule has 0 bridgehead atoms. The second kappa shape index (κ2) is 5.01. The van der Waals surface area contributed by atoms with E-state index in [9.17, 15) is 0 Å². The summed E-state index contributed by atoms with van der Waals surface area (Å²) in [5.41, 5.74) is 6.80. The first-order valence-electron chi connectivity index (χ1n) is 6.76. The molecule has 0 aliphatic heterocycles. The molecule has 0 fully saturated rings. The van der Waals surface area contributed by atoms with Crippen LogP contribution in [-0.2, 0) is 6.42 Å². The summed E-state index contributed by atoms with van der Waals surface area (Å²) >= 11 is 3.66. The summed E-state index contributed by atoms with van der Waals surface area (Å²) in [6.45, 7) is 4.31. The molecule has 0 aromatic heterocycles. The second-order valence-electron chi connectivity index (χ2n) is 5.36. The van der Waals surface area contributed by atoms with Gasteiger partial charge in [-0.25, -0.2) is 0 Å². The quantitative estimate of drug-likeness (QED) is 0.806. The van der Waals surface area contributed by atoms with Gasteiger partial charge in [-0.2, -0.15) is 0 Å². The third-order valence-electron chi connectivity index (χ3n) is 3.93. The Morgan fingerprint density at radius 3 is 2.79 bits per heavy atom. The van der Waals surface area contributed by atoms with Crippen molar-refractivity contribution in [3.05, 3.63) is 63.1 Å². The van der Waals surface area contributed by atoms with Gasteiger partial charge in [0, 0.05) is 10.2 Å². The lowest BCUT2D eigenvalue weighted by Gasteiger charge is -2.18. The summed E-state index contributed by atoms with van der Waals surface area (Å²) in [5, 5.41) is 3.70. The molecule has 2 heteroatoms. The predicted octanol–water partition coefficient (Wildman–Crippen LogP) is 5.17. The Labute approximate surface area is 123 Å². The number of halogens is 1. The summed E-state index contributed by atoms with van der Waals surface area (Å²) < 4.78 is 1.25. The minimum absolute atomic E-state index is 0.439. The molecule has 0 spiro atoms. The molecule has 1 aliphatic rings. The molecular weight excluding hydrogens is 298 g/mol. The van der Waals surface area contributed by atoms with Crippen LogP contribution < -0.4 is 5.32 Å². The van der Waals surface area contributed by atoms with Gasteiger partial charge in [-0.15, -0.1) is 0 Å². The van der Waals surface area contributed by atoms with Crippen LogP contribution in [0, 0.1) is 13.8 Å². The monoisotopic (exact) mass is 315 g/mol. The van der Waals surface area contributed by atoms with E-state index in [4.69, 9.17) is 0 Å². The van der Waals surface area contributed by atoms with E-state index in [1.165, 1.54) is 38.8 Å². The van der Waals surface area contributed by atoms with Crippen molar-refractivity contribution in [3.63, 3.8) is 0 Å². The van der Waals surface area contributed by atoms with E-state index >= 15 is 0 Å². The Bertz CT molecular complexity index is 619. The van der Waals surface area contributed by atoms with Gasteiger partial charge in [0.25, 0.3) is 0 Å². The van der Waals surface area contributed by atoms with Crippen LogP contribution in [0.3, 0.4) is 0 Å². The molecule has 1 nitrogen and oxygen atoms in total. The maximum atomic E-state index is 3.70. The van der Waals surface area contributed by atoms with Crippen molar-refractivity contribution in [1.29, 1.82) is 0 Å². The number of hydrogen-bond acceptors (Lipinski definition) is 1. The Hall–Kier alpha value is -1.28. The molecular formula is C17H18BrN. The Balaban J connectivity index is 1.89. The van der Waals surface area contributed by atoms with Gasteiger partial charge in [0.05, 0.1) is 6.04 Å². The fourth-order valence-corrected chi connectivity index (χ4v) is 3.50. The fourth-order valence-electron chi connectivity index (χ4n) is 2.92. The zero-order chi connectivity index (χ0) is 13.4. The molecule has 1 aliphatic carbocycles. The van der Waals surface area contributed by atoms with Gasteiger partial charge in [0.2, 0.25) is 0 Å². The van der Waals surface area contributed by atoms with Crippen molar-refractivity contribution >= 4 is 21.6 Å². The smallest absolute Gasteiger partial charge is 0.0520 e. The Kier molecular flexibility index (Phi) is 3.36. The molecule has 3 rings (SSSR count). The molecule has 0 heterocycles. The summed E-state index contributed by atoms with van der Waals surface area (Å²) in [6.07, 6.45) is 2.32. The molecule has 2 aromatic carbocycles. The molecule has 0 saturated heterocycles. The topological polar surface area (TPSA) is 12.0 Å².